The molecule has 1 heterocycles. The van der Waals surface area contributed by atoms with Crippen LogP contribution in [0, 0.1) is 13.8 Å². The highest BCUT2D eigenvalue weighted by atomic mass is 19.4. The SMILES string of the molecule is Cc1cccc(C)c1-n1nnnc1C(C)(C)Nc1cccc(C(F)(F)F)c1. The molecule has 0 bridgehead atoms. The first-order valence-electron chi connectivity index (χ1n) is 8.40. The quantitative estimate of drug-likeness (QED) is 0.721. The van der Waals surface area contributed by atoms with E-state index in [1.54, 1.807) is 10.7 Å². The van der Waals surface area contributed by atoms with Crippen molar-refractivity contribution in [3.8, 4) is 5.69 Å². The van der Waals surface area contributed by atoms with Crippen molar-refractivity contribution in [2.45, 2.75) is 39.4 Å². The molecule has 0 spiro atoms. The van der Waals surface area contributed by atoms with Gasteiger partial charge in [-0.1, -0.05) is 24.3 Å². The first-order chi connectivity index (χ1) is 12.6. The van der Waals surface area contributed by atoms with Crippen LogP contribution in [0.25, 0.3) is 5.69 Å². The van der Waals surface area contributed by atoms with Crippen LogP contribution in [0.3, 0.4) is 0 Å². The maximum Gasteiger partial charge on any atom is 0.416 e. The Morgan fingerprint density at radius 3 is 2.22 bits per heavy atom. The van der Waals surface area contributed by atoms with Crippen molar-refractivity contribution in [3.05, 3.63) is 65.0 Å². The molecule has 8 heteroatoms. The van der Waals surface area contributed by atoms with E-state index in [4.69, 9.17) is 0 Å². The molecule has 1 N–H and O–H groups in total. The Bertz CT molecular complexity index is 940. The zero-order chi connectivity index (χ0) is 19.8. The smallest absolute Gasteiger partial charge is 0.373 e. The second-order valence-electron chi connectivity index (χ2n) is 6.98. The average Bonchev–Trinajstić information content (AvgIpc) is 3.04. The Morgan fingerprint density at radius 2 is 1.59 bits per heavy atom. The van der Waals surface area contributed by atoms with E-state index in [1.165, 1.54) is 6.07 Å². The molecule has 142 valence electrons. The number of tetrazole rings is 1. The number of hydrogen-bond donors (Lipinski definition) is 1. The second-order valence-corrected chi connectivity index (χ2v) is 6.98. The Balaban J connectivity index is 1.99. The predicted octanol–water partition coefficient (Wildman–Crippen LogP) is 4.65. The molecule has 0 radical (unpaired) electrons. The first-order valence-corrected chi connectivity index (χ1v) is 8.40. The Kier molecular flexibility index (Phi) is 4.67. The fraction of sp³-hybridized carbons (Fsp3) is 0.316. The molecule has 0 saturated heterocycles. The summed E-state index contributed by atoms with van der Waals surface area (Å²) >= 11 is 0. The average molecular weight is 375 g/mol. The van der Waals surface area contributed by atoms with Crippen LogP contribution in [0.5, 0.6) is 0 Å². The van der Waals surface area contributed by atoms with Gasteiger partial charge in [-0.3, -0.25) is 0 Å². The number of benzene rings is 2. The fourth-order valence-electron chi connectivity index (χ4n) is 3.06. The molecule has 0 aliphatic heterocycles. The van der Waals surface area contributed by atoms with Gasteiger partial charge in [-0.15, -0.1) is 5.10 Å². The van der Waals surface area contributed by atoms with Gasteiger partial charge < -0.3 is 5.32 Å². The summed E-state index contributed by atoms with van der Waals surface area (Å²) in [6.07, 6.45) is -4.40. The van der Waals surface area contributed by atoms with E-state index >= 15 is 0 Å². The van der Waals surface area contributed by atoms with E-state index in [0.717, 1.165) is 28.9 Å². The van der Waals surface area contributed by atoms with Crippen LogP contribution in [0.15, 0.2) is 42.5 Å². The number of nitrogens with zero attached hydrogens (tertiary/aromatic N) is 4. The van der Waals surface area contributed by atoms with Gasteiger partial charge >= 0.3 is 6.18 Å². The lowest BCUT2D eigenvalue weighted by atomic mass is 10.0. The lowest BCUT2D eigenvalue weighted by molar-refractivity contribution is -0.137. The van der Waals surface area contributed by atoms with Crippen molar-refractivity contribution >= 4 is 5.69 Å². The molecule has 0 atom stereocenters. The minimum absolute atomic E-state index is 0.339. The predicted molar refractivity (Wildman–Crippen MR) is 96.7 cm³/mol. The van der Waals surface area contributed by atoms with Crippen LogP contribution in [0.4, 0.5) is 18.9 Å². The van der Waals surface area contributed by atoms with Crippen LogP contribution >= 0.6 is 0 Å². The summed E-state index contributed by atoms with van der Waals surface area (Å²) in [4.78, 5) is 0. The van der Waals surface area contributed by atoms with Crippen molar-refractivity contribution in [3.63, 3.8) is 0 Å². The summed E-state index contributed by atoms with van der Waals surface area (Å²) in [7, 11) is 0. The fourth-order valence-corrected chi connectivity index (χ4v) is 3.06. The van der Waals surface area contributed by atoms with Gasteiger partial charge in [-0.25, -0.2) is 0 Å². The van der Waals surface area contributed by atoms with Gasteiger partial charge in [0.15, 0.2) is 5.82 Å². The molecule has 0 saturated carbocycles. The van der Waals surface area contributed by atoms with E-state index < -0.39 is 17.3 Å². The number of anilines is 1. The molecule has 0 aliphatic rings. The number of nitrogens with one attached hydrogen (secondary N) is 1. The molecule has 0 aliphatic carbocycles. The van der Waals surface area contributed by atoms with Gasteiger partial charge in [-0.2, -0.15) is 17.9 Å². The summed E-state index contributed by atoms with van der Waals surface area (Å²) < 4.78 is 40.6. The monoisotopic (exact) mass is 375 g/mol. The molecule has 3 aromatic rings. The normalized spacial score (nSPS) is 12.3. The zero-order valence-electron chi connectivity index (χ0n) is 15.5. The summed E-state index contributed by atoms with van der Waals surface area (Å²) in [5.74, 6) is 0.498. The van der Waals surface area contributed by atoms with E-state index in [2.05, 4.69) is 20.8 Å². The van der Waals surface area contributed by atoms with Crippen LogP contribution < -0.4 is 5.32 Å². The standard InChI is InChI=1S/C19H20F3N5/c1-12-7-5-8-13(2)16(12)27-17(24-25-26-27)18(3,4)23-15-10-6-9-14(11-15)19(20,21)22/h5-11,23H,1-4H3. The third kappa shape index (κ3) is 3.79. The van der Waals surface area contributed by atoms with E-state index in [1.807, 2.05) is 45.9 Å². The van der Waals surface area contributed by atoms with E-state index in [9.17, 15) is 13.2 Å². The minimum atomic E-state index is -4.40. The zero-order valence-corrected chi connectivity index (χ0v) is 15.5. The largest absolute Gasteiger partial charge is 0.416 e. The van der Waals surface area contributed by atoms with Crippen molar-refractivity contribution in [2.75, 3.05) is 5.32 Å². The van der Waals surface area contributed by atoms with Crippen LogP contribution in [0.1, 0.15) is 36.4 Å². The third-order valence-corrected chi connectivity index (χ3v) is 4.33. The van der Waals surface area contributed by atoms with Crippen LogP contribution in [0.2, 0.25) is 0 Å². The highest BCUT2D eigenvalue weighted by molar-refractivity contribution is 5.51. The Hall–Kier alpha value is -2.90. The van der Waals surface area contributed by atoms with Gasteiger partial charge in [0.2, 0.25) is 0 Å². The van der Waals surface area contributed by atoms with Gasteiger partial charge in [0, 0.05) is 5.69 Å². The maximum absolute atomic E-state index is 13.0. The van der Waals surface area contributed by atoms with Crippen molar-refractivity contribution in [1.82, 2.24) is 20.2 Å². The summed E-state index contributed by atoms with van der Waals surface area (Å²) in [5, 5.41) is 15.1. The highest BCUT2D eigenvalue weighted by Crippen LogP contribution is 2.33. The molecular weight excluding hydrogens is 355 g/mol. The van der Waals surface area contributed by atoms with Crippen LogP contribution in [-0.2, 0) is 11.7 Å². The lowest BCUT2D eigenvalue weighted by Gasteiger charge is -2.27. The summed E-state index contributed by atoms with van der Waals surface area (Å²) in [6.45, 7) is 7.56. The van der Waals surface area contributed by atoms with Crippen LogP contribution in [-0.4, -0.2) is 20.2 Å². The van der Waals surface area contributed by atoms with E-state index in [0.29, 0.717) is 11.5 Å². The topological polar surface area (TPSA) is 55.6 Å². The Morgan fingerprint density at radius 1 is 0.963 bits per heavy atom. The van der Waals surface area contributed by atoms with Crippen molar-refractivity contribution in [1.29, 1.82) is 0 Å². The van der Waals surface area contributed by atoms with E-state index in [-0.39, 0.29) is 0 Å². The number of para-hydroxylation sites is 1. The molecule has 2 aromatic carbocycles. The molecule has 0 fully saturated rings. The van der Waals surface area contributed by atoms with Gasteiger partial charge in [0.25, 0.3) is 0 Å². The van der Waals surface area contributed by atoms with Gasteiger partial charge in [0.1, 0.15) is 0 Å². The Labute approximate surface area is 155 Å². The first kappa shape index (κ1) is 18.9. The van der Waals surface area contributed by atoms with Gasteiger partial charge in [0.05, 0.1) is 16.8 Å². The summed E-state index contributed by atoms with van der Waals surface area (Å²) in [6, 6.07) is 10.9. The maximum atomic E-state index is 13.0. The summed E-state index contributed by atoms with van der Waals surface area (Å²) in [5.41, 5.74) is 1.67. The minimum Gasteiger partial charge on any atom is -0.373 e. The highest BCUT2D eigenvalue weighted by Gasteiger charge is 2.32. The molecule has 27 heavy (non-hydrogen) atoms. The number of alkyl halides is 3. The second kappa shape index (κ2) is 6.68. The molecular formula is C19H20F3N5. The molecule has 5 nitrogen and oxygen atoms in total. The number of aryl methyl sites for hydroxylation is 2. The van der Waals surface area contributed by atoms with Crippen molar-refractivity contribution < 1.29 is 13.2 Å². The molecule has 3 rings (SSSR count). The number of halogens is 3. The number of aromatic nitrogens is 4. The van der Waals surface area contributed by atoms with Gasteiger partial charge in [-0.05, 0) is 67.4 Å². The molecule has 0 amide bonds. The molecule has 0 unspecified atom stereocenters. The van der Waals surface area contributed by atoms with Crippen molar-refractivity contribution in [2.24, 2.45) is 0 Å². The third-order valence-electron chi connectivity index (χ3n) is 4.33. The molecule has 1 aromatic heterocycles. The number of rotatable bonds is 4. The lowest BCUT2D eigenvalue weighted by Crippen LogP contribution is -2.32. The number of hydrogen-bond acceptors (Lipinski definition) is 4.